The number of unbranched alkanes of at least 4 members (excludes halogenated alkanes) is 1. The molecule has 0 spiro atoms. The molecule has 0 aliphatic rings. The van der Waals surface area contributed by atoms with Crippen molar-refractivity contribution in [2.24, 2.45) is 5.41 Å². The number of hydrogen-bond acceptors (Lipinski definition) is 3. The molecule has 0 bridgehead atoms. The van der Waals surface area contributed by atoms with Crippen LogP contribution in [0.25, 0.3) is 0 Å². The van der Waals surface area contributed by atoms with Crippen molar-refractivity contribution in [2.45, 2.75) is 47.0 Å². The average molecular weight is 327 g/mol. The van der Waals surface area contributed by atoms with Gasteiger partial charge in [0.1, 0.15) is 0 Å². The van der Waals surface area contributed by atoms with Crippen molar-refractivity contribution < 1.29 is 19.4 Å². The second-order valence-corrected chi connectivity index (χ2v) is 6.89. The van der Waals surface area contributed by atoms with E-state index in [0.717, 1.165) is 12.8 Å². The first kappa shape index (κ1) is 18.5. The van der Waals surface area contributed by atoms with E-state index >= 15 is 0 Å². The van der Waals surface area contributed by atoms with Crippen LogP contribution in [0, 0.1) is 5.41 Å². The predicted octanol–water partition coefficient (Wildman–Crippen LogP) is 4.58. The Bertz CT molecular complexity index is 559. The second-order valence-electron chi connectivity index (χ2n) is 6.48. The minimum absolute atomic E-state index is 0.0519. The quantitative estimate of drug-likeness (QED) is 0.613. The van der Waals surface area contributed by atoms with E-state index in [1.165, 1.54) is 6.07 Å². The zero-order chi connectivity index (χ0) is 16.9. The van der Waals surface area contributed by atoms with Gasteiger partial charge < -0.3 is 9.84 Å². The van der Waals surface area contributed by atoms with Crippen LogP contribution in [0.15, 0.2) is 12.1 Å². The van der Waals surface area contributed by atoms with Gasteiger partial charge in [0.15, 0.2) is 0 Å². The molecule has 1 aromatic carbocycles. The fourth-order valence-corrected chi connectivity index (χ4v) is 2.35. The molecule has 0 unspecified atom stereocenters. The maximum absolute atomic E-state index is 12.1. The molecule has 22 heavy (non-hydrogen) atoms. The number of carbonyl (C=O) groups excluding carboxylic acids is 1. The summed E-state index contributed by atoms with van der Waals surface area (Å²) < 4.78 is 5.14. The smallest absolute Gasteiger partial charge is 0.339 e. The lowest BCUT2D eigenvalue weighted by molar-refractivity contribution is 0.0489. The van der Waals surface area contributed by atoms with Gasteiger partial charge in [0.2, 0.25) is 0 Å². The molecule has 1 aromatic rings. The van der Waals surface area contributed by atoms with Gasteiger partial charge in [0.25, 0.3) is 0 Å². The molecule has 0 fully saturated rings. The van der Waals surface area contributed by atoms with Gasteiger partial charge in [-0.15, -0.1) is 0 Å². The number of aromatic carboxylic acids is 1. The first-order valence-electron chi connectivity index (χ1n) is 7.39. The average Bonchev–Trinajstić information content (AvgIpc) is 2.39. The minimum atomic E-state index is -1.16. The van der Waals surface area contributed by atoms with E-state index in [9.17, 15) is 14.7 Å². The molecule has 1 N–H and O–H groups in total. The largest absolute Gasteiger partial charge is 0.478 e. The van der Waals surface area contributed by atoms with Crippen LogP contribution in [0.1, 0.15) is 66.8 Å². The Balaban J connectivity index is 3.26. The van der Waals surface area contributed by atoms with Crippen LogP contribution in [0.3, 0.4) is 0 Å². The summed E-state index contributed by atoms with van der Waals surface area (Å²) in [6.07, 6.45) is 2.11. The van der Waals surface area contributed by atoms with Crippen LogP contribution in [0.2, 0.25) is 5.02 Å². The third-order valence-corrected chi connectivity index (χ3v) is 3.48. The molecule has 0 aliphatic carbocycles. The highest BCUT2D eigenvalue weighted by Crippen LogP contribution is 2.31. The molecule has 0 aliphatic heterocycles. The number of ether oxygens (including phenoxy) is 1. The normalized spacial score (nSPS) is 11.3. The summed E-state index contributed by atoms with van der Waals surface area (Å²) in [6.45, 7) is 8.23. The van der Waals surface area contributed by atoms with Crippen LogP contribution in [-0.2, 0) is 11.2 Å². The molecule has 0 saturated heterocycles. The van der Waals surface area contributed by atoms with Gasteiger partial charge in [-0.05, 0) is 36.0 Å². The highest BCUT2D eigenvalue weighted by Gasteiger charge is 2.26. The summed E-state index contributed by atoms with van der Waals surface area (Å²) in [5.41, 5.74) is 0.335. The molecule has 1 rings (SSSR count). The molecule has 0 heterocycles. The van der Waals surface area contributed by atoms with Crippen molar-refractivity contribution in [2.75, 3.05) is 6.61 Å². The van der Waals surface area contributed by atoms with Crippen LogP contribution in [0.4, 0.5) is 0 Å². The Labute approximate surface area is 136 Å². The number of rotatable bonds is 6. The molecule has 4 nitrogen and oxygen atoms in total. The first-order chi connectivity index (χ1) is 10.2. The monoisotopic (exact) mass is 326 g/mol. The summed E-state index contributed by atoms with van der Waals surface area (Å²) in [6, 6.07) is 2.98. The SMILES string of the molecule is CCCCOC(=O)c1ccc(Cl)c(CC(C)(C)C)c1C(=O)O. The lowest BCUT2D eigenvalue weighted by atomic mass is 9.85. The van der Waals surface area contributed by atoms with E-state index in [4.69, 9.17) is 16.3 Å². The number of esters is 1. The summed E-state index contributed by atoms with van der Waals surface area (Å²) >= 11 is 6.17. The van der Waals surface area contributed by atoms with E-state index in [0.29, 0.717) is 17.0 Å². The predicted molar refractivity (Wildman–Crippen MR) is 86.8 cm³/mol. The Hall–Kier alpha value is -1.55. The van der Waals surface area contributed by atoms with E-state index in [1.54, 1.807) is 6.07 Å². The third kappa shape index (κ3) is 5.02. The van der Waals surface area contributed by atoms with Crippen molar-refractivity contribution in [1.82, 2.24) is 0 Å². The summed E-state index contributed by atoms with van der Waals surface area (Å²) in [7, 11) is 0. The molecule has 0 atom stereocenters. The van der Waals surface area contributed by atoms with Crippen molar-refractivity contribution >= 4 is 23.5 Å². The van der Waals surface area contributed by atoms with Gasteiger partial charge in [-0.3, -0.25) is 0 Å². The third-order valence-electron chi connectivity index (χ3n) is 3.13. The van der Waals surface area contributed by atoms with Crippen molar-refractivity contribution in [3.05, 3.63) is 33.8 Å². The maximum atomic E-state index is 12.1. The lowest BCUT2D eigenvalue weighted by Crippen LogP contribution is -2.18. The maximum Gasteiger partial charge on any atom is 0.339 e. The van der Waals surface area contributed by atoms with Crippen molar-refractivity contribution in [3.63, 3.8) is 0 Å². The van der Waals surface area contributed by atoms with Gasteiger partial charge in [-0.1, -0.05) is 45.7 Å². The van der Waals surface area contributed by atoms with Gasteiger partial charge >= 0.3 is 11.9 Å². The van der Waals surface area contributed by atoms with E-state index in [1.807, 2.05) is 27.7 Å². The zero-order valence-electron chi connectivity index (χ0n) is 13.5. The fourth-order valence-electron chi connectivity index (χ4n) is 2.13. The minimum Gasteiger partial charge on any atom is -0.478 e. The molecule has 0 aromatic heterocycles. The summed E-state index contributed by atoms with van der Waals surface area (Å²) in [5.74, 6) is -1.78. The molecule has 0 radical (unpaired) electrons. The van der Waals surface area contributed by atoms with Crippen LogP contribution < -0.4 is 0 Å². The Morgan fingerprint density at radius 2 is 1.91 bits per heavy atom. The number of benzene rings is 1. The number of carboxylic acid groups (broad SMARTS) is 1. The van der Waals surface area contributed by atoms with Crippen LogP contribution >= 0.6 is 11.6 Å². The van der Waals surface area contributed by atoms with Crippen molar-refractivity contribution in [1.29, 1.82) is 0 Å². The number of carbonyl (C=O) groups is 2. The Morgan fingerprint density at radius 3 is 2.41 bits per heavy atom. The van der Waals surface area contributed by atoms with Gasteiger partial charge in [0.05, 0.1) is 17.7 Å². The number of carboxylic acids is 1. The topological polar surface area (TPSA) is 63.6 Å². The molecule has 122 valence electrons. The molecule has 0 amide bonds. The molecule has 0 saturated carbocycles. The first-order valence-corrected chi connectivity index (χ1v) is 7.77. The van der Waals surface area contributed by atoms with E-state index in [-0.39, 0.29) is 23.1 Å². The Kier molecular flexibility index (Phi) is 6.42. The molecular weight excluding hydrogens is 304 g/mol. The van der Waals surface area contributed by atoms with Gasteiger partial charge in [-0.25, -0.2) is 9.59 Å². The molecular formula is C17H23ClO4. The Morgan fingerprint density at radius 1 is 1.27 bits per heavy atom. The summed E-state index contributed by atoms with van der Waals surface area (Å²) in [5, 5.41) is 9.88. The zero-order valence-corrected chi connectivity index (χ0v) is 14.3. The van der Waals surface area contributed by atoms with E-state index < -0.39 is 11.9 Å². The second kappa shape index (κ2) is 7.63. The van der Waals surface area contributed by atoms with Gasteiger partial charge in [-0.2, -0.15) is 0 Å². The van der Waals surface area contributed by atoms with Gasteiger partial charge in [0, 0.05) is 5.02 Å². The summed E-state index contributed by atoms with van der Waals surface area (Å²) in [4.78, 5) is 23.8. The molecule has 5 heteroatoms. The van der Waals surface area contributed by atoms with Crippen molar-refractivity contribution in [3.8, 4) is 0 Å². The fraction of sp³-hybridized carbons (Fsp3) is 0.529. The number of halogens is 1. The highest BCUT2D eigenvalue weighted by atomic mass is 35.5. The standard InChI is InChI=1S/C17H23ClO4/c1-5-6-9-22-16(21)11-7-8-13(18)12(10-17(2,3)4)14(11)15(19)20/h7-8H,5-6,9-10H2,1-4H3,(H,19,20). The van der Waals surface area contributed by atoms with Crippen LogP contribution in [-0.4, -0.2) is 23.7 Å². The number of hydrogen-bond donors (Lipinski definition) is 1. The van der Waals surface area contributed by atoms with Crippen LogP contribution in [0.5, 0.6) is 0 Å². The highest BCUT2D eigenvalue weighted by molar-refractivity contribution is 6.32. The lowest BCUT2D eigenvalue weighted by Gasteiger charge is -2.21. The van der Waals surface area contributed by atoms with E-state index in [2.05, 4.69) is 0 Å².